The monoisotopic (exact) mass is 379 g/mol. The molecule has 2 aromatic rings. The van der Waals surface area contributed by atoms with Crippen LogP contribution in [0.4, 0.5) is 8.78 Å². The summed E-state index contributed by atoms with van der Waals surface area (Å²) in [6.45, 7) is 6.63. The molecule has 0 saturated heterocycles. The smallest absolute Gasteiger partial charge is 0.191 e. The summed E-state index contributed by atoms with van der Waals surface area (Å²) in [4.78, 5) is 4.43. The molecule has 8 heteroatoms. The van der Waals surface area contributed by atoms with Gasteiger partial charge in [0, 0.05) is 43.9 Å². The molecule has 27 heavy (non-hydrogen) atoms. The van der Waals surface area contributed by atoms with Crippen molar-refractivity contribution in [2.75, 3.05) is 19.6 Å². The number of guanidine groups is 1. The van der Waals surface area contributed by atoms with Crippen molar-refractivity contribution in [2.24, 2.45) is 12.0 Å². The van der Waals surface area contributed by atoms with Crippen molar-refractivity contribution in [3.8, 4) is 0 Å². The maximum Gasteiger partial charge on any atom is 0.191 e. The van der Waals surface area contributed by atoms with Gasteiger partial charge in [-0.3, -0.25) is 4.68 Å². The second-order valence-corrected chi connectivity index (χ2v) is 6.82. The van der Waals surface area contributed by atoms with E-state index in [0.717, 1.165) is 6.07 Å². The van der Waals surface area contributed by atoms with Crippen molar-refractivity contribution in [3.05, 3.63) is 53.4 Å². The molecule has 1 aromatic heterocycles. The molecule has 0 spiro atoms. The van der Waals surface area contributed by atoms with Gasteiger partial charge in [-0.2, -0.15) is 5.10 Å². The summed E-state index contributed by atoms with van der Waals surface area (Å²) >= 11 is 0. The molecule has 0 aliphatic rings. The third-order valence-electron chi connectivity index (χ3n) is 4.29. The Bertz CT molecular complexity index is 788. The molecule has 0 aliphatic heterocycles. The van der Waals surface area contributed by atoms with Gasteiger partial charge >= 0.3 is 0 Å². The Morgan fingerprint density at radius 1 is 1.37 bits per heavy atom. The van der Waals surface area contributed by atoms with Crippen LogP contribution in [0.1, 0.15) is 37.8 Å². The van der Waals surface area contributed by atoms with Crippen LogP contribution in [0.15, 0.2) is 35.6 Å². The van der Waals surface area contributed by atoms with Gasteiger partial charge in [-0.25, -0.2) is 13.8 Å². The van der Waals surface area contributed by atoms with E-state index in [1.807, 2.05) is 13.8 Å². The Kier molecular flexibility index (Phi) is 6.90. The first-order chi connectivity index (χ1) is 12.7. The highest BCUT2D eigenvalue weighted by Gasteiger charge is 2.24. The lowest BCUT2D eigenvalue weighted by Gasteiger charge is -2.21. The lowest BCUT2D eigenvalue weighted by atomic mass is 10.00. The van der Waals surface area contributed by atoms with E-state index in [1.54, 1.807) is 31.0 Å². The second-order valence-electron chi connectivity index (χ2n) is 6.82. The van der Waals surface area contributed by atoms with Gasteiger partial charge in [0.15, 0.2) is 5.96 Å². The molecule has 2 atom stereocenters. The molecule has 0 aliphatic carbocycles. The van der Waals surface area contributed by atoms with E-state index in [4.69, 9.17) is 0 Å². The van der Waals surface area contributed by atoms with Crippen molar-refractivity contribution in [1.29, 1.82) is 0 Å². The number of aliphatic imine (C=N–C) groups is 1. The molecule has 0 fully saturated rings. The van der Waals surface area contributed by atoms with Crippen LogP contribution in [0.25, 0.3) is 0 Å². The molecule has 2 unspecified atom stereocenters. The number of aryl methyl sites for hydroxylation is 1. The molecule has 1 aromatic carbocycles. The largest absolute Gasteiger partial charge is 0.383 e. The predicted molar refractivity (Wildman–Crippen MR) is 102 cm³/mol. The quantitative estimate of drug-likeness (QED) is 0.510. The number of nitrogens with one attached hydrogen (secondary N) is 2. The summed E-state index contributed by atoms with van der Waals surface area (Å²) in [5.74, 6) is -0.834. The standard InChI is InChI=1S/C19H27F2N5O/c1-5-22-18(24-12-19(3,27)14-10-25-26(4)11-14)23-9-13(2)16-7-6-15(20)8-17(16)21/h6-8,10-11,13,27H,5,9,12H2,1-4H3,(H2,22,23,24). The van der Waals surface area contributed by atoms with Crippen LogP contribution in [0.5, 0.6) is 0 Å². The summed E-state index contributed by atoms with van der Waals surface area (Å²) in [5, 5.41) is 20.9. The fraction of sp³-hybridized carbons (Fsp3) is 0.474. The van der Waals surface area contributed by atoms with E-state index in [-0.39, 0.29) is 12.5 Å². The molecule has 0 amide bonds. The van der Waals surface area contributed by atoms with Crippen LogP contribution in [0, 0.1) is 11.6 Å². The minimum atomic E-state index is -1.16. The summed E-state index contributed by atoms with van der Waals surface area (Å²) in [6, 6.07) is 3.59. The molecule has 0 saturated carbocycles. The minimum Gasteiger partial charge on any atom is -0.383 e. The zero-order valence-corrected chi connectivity index (χ0v) is 16.1. The molecule has 0 bridgehead atoms. The number of aromatic nitrogens is 2. The van der Waals surface area contributed by atoms with Crippen LogP contribution in [-0.2, 0) is 12.6 Å². The fourth-order valence-electron chi connectivity index (χ4n) is 2.63. The van der Waals surface area contributed by atoms with Crippen LogP contribution < -0.4 is 10.6 Å². The molecule has 148 valence electrons. The molecule has 3 N–H and O–H groups in total. The van der Waals surface area contributed by atoms with Gasteiger partial charge in [0.2, 0.25) is 0 Å². The minimum absolute atomic E-state index is 0.132. The van der Waals surface area contributed by atoms with Gasteiger partial charge in [0.05, 0.1) is 12.7 Å². The Hall–Kier alpha value is -2.48. The van der Waals surface area contributed by atoms with Crippen molar-refractivity contribution in [3.63, 3.8) is 0 Å². The van der Waals surface area contributed by atoms with E-state index >= 15 is 0 Å². The van der Waals surface area contributed by atoms with Gasteiger partial charge in [-0.15, -0.1) is 0 Å². The average molecular weight is 379 g/mol. The molecule has 6 nitrogen and oxygen atoms in total. The highest BCUT2D eigenvalue weighted by molar-refractivity contribution is 5.79. The highest BCUT2D eigenvalue weighted by atomic mass is 19.1. The summed E-state index contributed by atoms with van der Waals surface area (Å²) < 4.78 is 28.6. The van der Waals surface area contributed by atoms with Gasteiger partial charge in [-0.1, -0.05) is 13.0 Å². The Morgan fingerprint density at radius 3 is 2.70 bits per heavy atom. The van der Waals surface area contributed by atoms with Crippen LogP contribution >= 0.6 is 0 Å². The summed E-state index contributed by atoms with van der Waals surface area (Å²) in [6.07, 6.45) is 3.35. The number of rotatable bonds is 7. The number of nitrogens with zero attached hydrogens (tertiary/aromatic N) is 3. The predicted octanol–water partition coefficient (Wildman–Crippen LogP) is 2.26. The van der Waals surface area contributed by atoms with Crippen LogP contribution in [0.3, 0.4) is 0 Å². The Balaban J connectivity index is 2.02. The first kappa shape index (κ1) is 20.8. The Labute approximate surface area is 158 Å². The van der Waals surface area contributed by atoms with Crippen molar-refractivity contribution >= 4 is 5.96 Å². The van der Waals surface area contributed by atoms with Crippen molar-refractivity contribution in [1.82, 2.24) is 20.4 Å². The number of hydrogen-bond acceptors (Lipinski definition) is 3. The molecule has 1 heterocycles. The topological polar surface area (TPSA) is 74.5 Å². The summed E-state index contributed by atoms with van der Waals surface area (Å²) in [7, 11) is 1.78. The average Bonchev–Trinajstić information content (AvgIpc) is 3.04. The SMILES string of the molecule is CCNC(=NCC(C)(O)c1cnn(C)c1)NCC(C)c1ccc(F)cc1F. The van der Waals surface area contributed by atoms with Gasteiger partial charge in [0.25, 0.3) is 0 Å². The maximum absolute atomic E-state index is 13.9. The second kappa shape index (κ2) is 8.94. The van der Waals surface area contributed by atoms with E-state index in [9.17, 15) is 13.9 Å². The summed E-state index contributed by atoms with van der Waals surface area (Å²) in [5.41, 5.74) is -0.0564. The number of benzene rings is 1. The number of hydrogen-bond donors (Lipinski definition) is 3. The zero-order chi connectivity index (χ0) is 20.0. The van der Waals surface area contributed by atoms with E-state index in [1.165, 1.54) is 12.1 Å². The van der Waals surface area contributed by atoms with Crippen molar-refractivity contribution in [2.45, 2.75) is 32.3 Å². The third-order valence-corrected chi connectivity index (χ3v) is 4.29. The van der Waals surface area contributed by atoms with E-state index in [2.05, 4.69) is 20.7 Å². The van der Waals surface area contributed by atoms with Crippen LogP contribution in [0.2, 0.25) is 0 Å². The first-order valence-electron chi connectivity index (χ1n) is 8.91. The Morgan fingerprint density at radius 2 is 2.11 bits per heavy atom. The first-order valence-corrected chi connectivity index (χ1v) is 8.91. The van der Waals surface area contributed by atoms with Gasteiger partial charge < -0.3 is 15.7 Å². The maximum atomic E-state index is 13.9. The van der Waals surface area contributed by atoms with Crippen molar-refractivity contribution < 1.29 is 13.9 Å². The van der Waals surface area contributed by atoms with Gasteiger partial charge in [0.1, 0.15) is 17.2 Å². The van der Waals surface area contributed by atoms with Gasteiger partial charge in [-0.05, 0) is 25.5 Å². The van der Waals surface area contributed by atoms with Crippen LogP contribution in [-0.4, -0.2) is 40.5 Å². The molecular weight excluding hydrogens is 352 g/mol. The lowest BCUT2D eigenvalue weighted by molar-refractivity contribution is 0.0672. The lowest BCUT2D eigenvalue weighted by Crippen LogP contribution is -2.40. The molecule has 2 rings (SSSR count). The molecular formula is C19H27F2N5O. The normalized spacial score (nSPS) is 15.3. The third kappa shape index (κ3) is 5.75. The van der Waals surface area contributed by atoms with E-state index < -0.39 is 17.2 Å². The number of aliphatic hydroxyl groups is 1. The zero-order valence-electron chi connectivity index (χ0n) is 16.1. The highest BCUT2D eigenvalue weighted by Crippen LogP contribution is 2.20. The number of halogens is 2. The fourth-order valence-corrected chi connectivity index (χ4v) is 2.63. The van der Waals surface area contributed by atoms with E-state index in [0.29, 0.717) is 30.2 Å². The molecule has 0 radical (unpaired) electrons.